The van der Waals surface area contributed by atoms with Gasteiger partial charge in [-0.2, -0.15) is 0 Å². The van der Waals surface area contributed by atoms with Gasteiger partial charge in [0.25, 0.3) is 5.91 Å². The molecule has 1 aliphatic heterocycles. The van der Waals surface area contributed by atoms with E-state index < -0.39 is 29.7 Å². The molecule has 0 bridgehead atoms. The Morgan fingerprint density at radius 3 is 2.21 bits per heavy atom. The van der Waals surface area contributed by atoms with Gasteiger partial charge in [-0.25, -0.2) is 13.8 Å². The summed E-state index contributed by atoms with van der Waals surface area (Å²) >= 11 is 0. The summed E-state index contributed by atoms with van der Waals surface area (Å²) in [5.41, 5.74) is 0.992. The predicted molar refractivity (Wildman–Crippen MR) is 112 cm³/mol. The molecular formula is C23H18F5N3O2. The van der Waals surface area contributed by atoms with Crippen LogP contribution < -0.4 is 15.0 Å². The quantitative estimate of drug-likeness (QED) is 0.488. The van der Waals surface area contributed by atoms with Crippen molar-refractivity contribution in [2.24, 2.45) is 0 Å². The maximum absolute atomic E-state index is 13.9. The molecule has 4 rings (SSSR count). The lowest BCUT2D eigenvalue weighted by Crippen LogP contribution is -2.21. The van der Waals surface area contributed by atoms with E-state index in [2.05, 4.69) is 15.0 Å². The van der Waals surface area contributed by atoms with Crippen LogP contribution in [0.3, 0.4) is 0 Å². The van der Waals surface area contributed by atoms with Crippen molar-refractivity contribution in [3.05, 3.63) is 71.9 Å². The molecule has 1 aliphatic rings. The maximum atomic E-state index is 13.9. The van der Waals surface area contributed by atoms with E-state index in [0.717, 1.165) is 44.1 Å². The molecule has 10 heteroatoms. The molecule has 0 atom stereocenters. The maximum Gasteiger partial charge on any atom is 0.573 e. The number of amides is 1. The monoisotopic (exact) mass is 463 g/mol. The third-order valence-electron chi connectivity index (χ3n) is 5.05. The van der Waals surface area contributed by atoms with Crippen molar-refractivity contribution in [1.29, 1.82) is 0 Å². The number of aromatic nitrogens is 1. The SMILES string of the molecule is O=C(Nc1ccc(OC(F)(F)F)cc1)c1cnc(N2CCCC2)c(-c2cc(F)cc(F)c2)c1. The number of hydrogen-bond donors (Lipinski definition) is 1. The second-order valence-electron chi connectivity index (χ2n) is 7.47. The summed E-state index contributed by atoms with van der Waals surface area (Å²) in [4.78, 5) is 19.1. The van der Waals surface area contributed by atoms with Gasteiger partial charge in [0.1, 0.15) is 23.2 Å². The molecule has 0 radical (unpaired) electrons. The molecule has 1 amide bonds. The number of rotatable bonds is 5. The van der Waals surface area contributed by atoms with Gasteiger partial charge in [0.05, 0.1) is 5.56 Å². The van der Waals surface area contributed by atoms with Gasteiger partial charge in [0.2, 0.25) is 0 Å². The van der Waals surface area contributed by atoms with Gasteiger partial charge in [-0.1, -0.05) is 0 Å². The molecule has 0 aliphatic carbocycles. The number of ether oxygens (including phenoxy) is 1. The lowest BCUT2D eigenvalue weighted by atomic mass is 10.0. The van der Waals surface area contributed by atoms with Gasteiger partial charge >= 0.3 is 6.36 Å². The van der Waals surface area contributed by atoms with Crippen LogP contribution in [0, 0.1) is 11.6 Å². The Hall–Kier alpha value is -3.69. The van der Waals surface area contributed by atoms with E-state index >= 15 is 0 Å². The molecule has 1 aromatic heterocycles. The minimum atomic E-state index is -4.82. The van der Waals surface area contributed by atoms with Crippen LogP contribution in [-0.4, -0.2) is 30.3 Å². The highest BCUT2D eigenvalue weighted by atomic mass is 19.4. The number of hydrogen-bond acceptors (Lipinski definition) is 4. The molecular weight excluding hydrogens is 445 g/mol. The van der Waals surface area contributed by atoms with Gasteiger partial charge in [-0.05, 0) is 60.9 Å². The number of pyridine rings is 1. The Bertz CT molecular complexity index is 1140. The summed E-state index contributed by atoms with van der Waals surface area (Å²) in [5, 5.41) is 2.56. The lowest BCUT2D eigenvalue weighted by Gasteiger charge is -2.21. The van der Waals surface area contributed by atoms with Crippen LogP contribution in [0.4, 0.5) is 33.5 Å². The average molecular weight is 463 g/mol. The first-order valence-electron chi connectivity index (χ1n) is 10.1. The minimum absolute atomic E-state index is 0.119. The number of nitrogens with one attached hydrogen (secondary N) is 1. The first-order chi connectivity index (χ1) is 15.7. The van der Waals surface area contributed by atoms with Crippen molar-refractivity contribution in [2.45, 2.75) is 19.2 Å². The molecule has 1 fully saturated rings. The second-order valence-corrected chi connectivity index (χ2v) is 7.47. The predicted octanol–water partition coefficient (Wildman–Crippen LogP) is 5.78. The Labute approximate surface area is 185 Å². The minimum Gasteiger partial charge on any atom is -0.406 e. The first kappa shape index (κ1) is 22.5. The zero-order chi connectivity index (χ0) is 23.6. The molecule has 33 heavy (non-hydrogen) atoms. The summed E-state index contributed by atoms with van der Waals surface area (Å²) in [6.07, 6.45) is -1.56. The van der Waals surface area contributed by atoms with E-state index in [9.17, 15) is 26.7 Å². The number of carbonyl (C=O) groups is 1. The number of benzene rings is 2. The smallest absolute Gasteiger partial charge is 0.406 e. The highest BCUT2D eigenvalue weighted by molar-refractivity contribution is 6.05. The number of halogens is 5. The molecule has 1 N–H and O–H groups in total. The normalized spacial score (nSPS) is 13.8. The molecule has 2 aromatic carbocycles. The number of carbonyl (C=O) groups excluding carboxylic acids is 1. The van der Waals surface area contributed by atoms with Crippen LogP contribution in [0.25, 0.3) is 11.1 Å². The molecule has 3 aromatic rings. The third kappa shape index (κ3) is 5.57. The van der Waals surface area contributed by atoms with Crippen LogP contribution in [0.15, 0.2) is 54.7 Å². The van der Waals surface area contributed by atoms with Gasteiger partial charge in [-0.15, -0.1) is 13.2 Å². The standard InChI is InChI=1S/C23H18F5N3O2/c24-16-9-14(10-17(25)12-16)20-11-15(13-29-21(20)31-7-1-2-8-31)22(32)30-18-3-5-19(6-4-18)33-23(26,27)28/h3-6,9-13H,1-2,7-8H2,(H,30,32). The molecule has 0 unspecified atom stereocenters. The summed E-state index contributed by atoms with van der Waals surface area (Å²) in [6, 6.07) is 9.24. The summed E-state index contributed by atoms with van der Waals surface area (Å²) in [6.45, 7) is 1.46. The van der Waals surface area contributed by atoms with E-state index in [1.54, 1.807) is 0 Å². The lowest BCUT2D eigenvalue weighted by molar-refractivity contribution is -0.274. The van der Waals surface area contributed by atoms with Gasteiger partial charge < -0.3 is 15.0 Å². The van der Waals surface area contributed by atoms with Crippen molar-refractivity contribution >= 4 is 17.4 Å². The van der Waals surface area contributed by atoms with Crippen LogP contribution in [0.2, 0.25) is 0 Å². The van der Waals surface area contributed by atoms with Crippen LogP contribution in [0.1, 0.15) is 23.2 Å². The van der Waals surface area contributed by atoms with Crippen molar-refractivity contribution < 1.29 is 31.5 Å². The van der Waals surface area contributed by atoms with E-state index in [1.165, 1.54) is 36.5 Å². The van der Waals surface area contributed by atoms with Crippen LogP contribution in [-0.2, 0) is 0 Å². The number of anilines is 2. The van der Waals surface area contributed by atoms with E-state index in [4.69, 9.17) is 0 Å². The van der Waals surface area contributed by atoms with Crippen molar-refractivity contribution in [2.75, 3.05) is 23.3 Å². The second kappa shape index (κ2) is 9.05. The molecule has 0 saturated carbocycles. The van der Waals surface area contributed by atoms with Crippen LogP contribution >= 0.6 is 0 Å². The largest absolute Gasteiger partial charge is 0.573 e. The van der Waals surface area contributed by atoms with Crippen LogP contribution in [0.5, 0.6) is 5.75 Å². The van der Waals surface area contributed by atoms with Gasteiger partial charge in [-0.3, -0.25) is 4.79 Å². The fourth-order valence-electron chi connectivity index (χ4n) is 3.63. The Morgan fingerprint density at radius 1 is 0.970 bits per heavy atom. The Kier molecular flexibility index (Phi) is 6.17. The van der Waals surface area contributed by atoms with E-state index in [1.807, 2.05) is 4.90 Å². The van der Waals surface area contributed by atoms with Gasteiger partial charge in [0, 0.05) is 36.6 Å². The number of alkyl halides is 3. The zero-order valence-electron chi connectivity index (χ0n) is 17.1. The zero-order valence-corrected chi connectivity index (χ0v) is 17.1. The molecule has 172 valence electrons. The fraction of sp³-hybridized carbons (Fsp3) is 0.217. The number of nitrogens with zero attached hydrogens (tertiary/aromatic N) is 2. The van der Waals surface area contributed by atoms with Crippen molar-refractivity contribution in [3.63, 3.8) is 0 Å². The molecule has 1 saturated heterocycles. The van der Waals surface area contributed by atoms with Crippen molar-refractivity contribution in [1.82, 2.24) is 4.98 Å². The van der Waals surface area contributed by atoms with E-state index in [-0.39, 0.29) is 16.8 Å². The Morgan fingerprint density at radius 2 is 1.61 bits per heavy atom. The van der Waals surface area contributed by atoms with Crippen molar-refractivity contribution in [3.8, 4) is 16.9 Å². The third-order valence-corrected chi connectivity index (χ3v) is 5.05. The molecule has 2 heterocycles. The summed E-state index contributed by atoms with van der Waals surface area (Å²) < 4.78 is 68.4. The Balaban J connectivity index is 1.62. The summed E-state index contributed by atoms with van der Waals surface area (Å²) in [7, 11) is 0. The highest BCUT2D eigenvalue weighted by Crippen LogP contribution is 2.33. The summed E-state index contributed by atoms with van der Waals surface area (Å²) in [5.74, 6) is -2.00. The fourth-order valence-corrected chi connectivity index (χ4v) is 3.63. The topological polar surface area (TPSA) is 54.5 Å². The average Bonchev–Trinajstić information content (AvgIpc) is 3.28. The molecule has 5 nitrogen and oxygen atoms in total. The highest BCUT2D eigenvalue weighted by Gasteiger charge is 2.31. The molecule has 0 spiro atoms. The first-order valence-corrected chi connectivity index (χ1v) is 10.1. The van der Waals surface area contributed by atoms with Gasteiger partial charge in [0.15, 0.2) is 0 Å². The van der Waals surface area contributed by atoms with E-state index in [0.29, 0.717) is 11.4 Å².